The van der Waals surface area contributed by atoms with E-state index < -0.39 is 17.5 Å². The van der Waals surface area contributed by atoms with Gasteiger partial charge in [0.1, 0.15) is 34.5 Å². The minimum Gasteiger partial charge on any atom is -0.340 e. The SMILES string of the molecule is Cc1cnnc(-c2cnn(C)c2C(=O)Cc2cc3nc(-c4ccccc4)nn3cc2F)c1.Cn1cnc(-c2cnn(C)c2C(=O)Cc2cc3nc(-c4ccccc4)nn3cc2F)c1.Cn1ncc(-c2cccnn2)c1C(=O)Cc1cc2nc(-c3ccccc3)nn2cc1F. The summed E-state index contributed by atoms with van der Waals surface area (Å²) in [5.74, 6) is -0.948. The molecule has 24 nitrogen and oxygen atoms in total. The van der Waals surface area contributed by atoms with E-state index >= 15 is 0 Å². The standard InChI is InChI=1S/C23H18FN7O.C22H18FN7O.C22H16FN7O/c1-14-8-19(28-25-11-14)17-12-26-30(2)22(17)20(32)9-16-10-21-27-23(15-6-4-3-5-7-15)29-31(21)13-18(16)24;1-28-12-18(24-13-28)16-10-25-29(2)21(16)19(31)8-15-9-20-26-22(14-6-4-3-5-7-14)27-30(20)11-17(15)23;1-29-21(16(12-25-29)18-8-5-9-24-27-18)19(31)10-15-11-20-26-22(14-6-3-2-4-7-14)28-30(20)13-17(15)23/h3-8,10-13H,9H2,1-2H3;3-7,9-13H,8H2,1-2H3;2-9,11-13H,10H2,1H3. The molecule has 15 aromatic rings. The average molecular weight is 1260 g/mol. The monoisotopic (exact) mass is 1260 g/mol. The summed E-state index contributed by atoms with van der Waals surface area (Å²) in [6.45, 7) is 1.89. The number of ketones is 3. The molecule has 0 bridgehead atoms. The van der Waals surface area contributed by atoms with Crippen LogP contribution in [0.3, 0.4) is 0 Å². The third kappa shape index (κ3) is 12.5. The maximum atomic E-state index is 14.8. The molecule has 0 radical (unpaired) electrons. The zero-order valence-electron chi connectivity index (χ0n) is 50.8. The Balaban J connectivity index is 0.000000128. The first-order valence-electron chi connectivity index (χ1n) is 29.1. The van der Waals surface area contributed by atoms with Gasteiger partial charge in [-0.15, -0.1) is 15.3 Å². The van der Waals surface area contributed by atoms with Gasteiger partial charge in [-0.25, -0.2) is 46.7 Å². The van der Waals surface area contributed by atoms with E-state index in [9.17, 15) is 27.6 Å². The van der Waals surface area contributed by atoms with Crippen LogP contribution in [0.2, 0.25) is 0 Å². The topological polar surface area (TPSA) is 265 Å². The van der Waals surface area contributed by atoms with E-state index in [0.717, 1.165) is 22.3 Å². The number of aryl methyl sites for hydroxylation is 5. The lowest BCUT2D eigenvalue weighted by atomic mass is 10.0. The zero-order chi connectivity index (χ0) is 65.1. The molecule has 0 aliphatic heterocycles. The normalized spacial score (nSPS) is 11.2. The molecule has 12 aromatic heterocycles. The van der Waals surface area contributed by atoms with Crippen LogP contribution in [0.1, 0.15) is 53.7 Å². The summed E-state index contributed by atoms with van der Waals surface area (Å²) in [4.78, 5) is 57.1. The molecule has 94 heavy (non-hydrogen) atoms. The first-order chi connectivity index (χ1) is 45.6. The van der Waals surface area contributed by atoms with Gasteiger partial charge in [0.05, 0.1) is 83.5 Å². The van der Waals surface area contributed by atoms with E-state index in [-0.39, 0.29) is 53.3 Å². The number of carbonyl (C=O) groups is 3. The average Bonchev–Trinajstić information content (AvgIpc) is 1.68. The summed E-state index contributed by atoms with van der Waals surface area (Å²) in [6.07, 6.45) is 14.7. The van der Waals surface area contributed by atoms with Crippen LogP contribution < -0.4 is 0 Å². The van der Waals surface area contributed by atoms with Gasteiger partial charge in [-0.1, -0.05) is 91.0 Å². The predicted molar refractivity (Wildman–Crippen MR) is 338 cm³/mol. The second-order valence-electron chi connectivity index (χ2n) is 21.8. The van der Waals surface area contributed by atoms with E-state index in [2.05, 4.69) is 70.9 Å². The van der Waals surface area contributed by atoms with Gasteiger partial charge in [-0.2, -0.15) is 35.7 Å². The van der Waals surface area contributed by atoms with Gasteiger partial charge < -0.3 is 4.57 Å². The Bertz CT molecular complexity index is 5310. The largest absolute Gasteiger partial charge is 0.340 e. The Morgan fingerprint density at radius 1 is 0.426 bits per heavy atom. The highest BCUT2D eigenvalue weighted by Gasteiger charge is 2.26. The number of fused-ring (bicyclic) bond motifs is 3. The number of pyridine rings is 3. The van der Waals surface area contributed by atoms with Crippen molar-refractivity contribution in [2.45, 2.75) is 26.2 Å². The van der Waals surface area contributed by atoms with Crippen molar-refractivity contribution < 1.29 is 27.6 Å². The van der Waals surface area contributed by atoms with E-state index in [1.165, 1.54) is 46.2 Å². The third-order valence-corrected chi connectivity index (χ3v) is 15.2. The van der Waals surface area contributed by atoms with Crippen LogP contribution in [0.25, 0.3) is 84.9 Å². The molecule has 3 aromatic carbocycles. The fourth-order valence-corrected chi connectivity index (χ4v) is 10.6. The molecular formula is C67H52F3N21O3. The molecular weight excluding hydrogens is 1200 g/mol. The molecule has 0 amide bonds. The molecule has 12 heterocycles. The van der Waals surface area contributed by atoms with Gasteiger partial charge in [0.15, 0.2) is 51.8 Å². The molecule has 0 aliphatic carbocycles. The summed E-state index contributed by atoms with van der Waals surface area (Å²) in [6, 6.07) is 38.3. The minimum atomic E-state index is -0.534. The maximum Gasteiger partial charge on any atom is 0.186 e. The minimum absolute atomic E-state index is 0.130. The summed E-state index contributed by atoms with van der Waals surface area (Å²) >= 11 is 0. The van der Waals surface area contributed by atoms with E-state index in [4.69, 9.17) is 0 Å². The number of Topliss-reactive ketones (excluding diaryl/α,β-unsaturated/α-hetero) is 3. The van der Waals surface area contributed by atoms with Gasteiger partial charge in [-0.3, -0.25) is 28.4 Å². The molecule has 0 spiro atoms. The van der Waals surface area contributed by atoms with Gasteiger partial charge >= 0.3 is 0 Å². The van der Waals surface area contributed by atoms with Crippen molar-refractivity contribution in [1.82, 2.24) is 103 Å². The number of carbonyl (C=O) groups excluding carboxylic acids is 3. The Hall–Kier alpha value is -12.7. The summed E-state index contributed by atoms with van der Waals surface area (Å²) < 4.78 is 54.7. The van der Waals surface area contributed by atoms with Crippen LogP contribution in [-0.2, 0) is 47.5 Å². The third-order valence-electron chi connectivity index (χ3n) is 15.2. The van der Waals surface area contributed by atoms with Crippen molar-refractivity contribution in [3.05, 3.63) is 246 Å². The number of hydrogen-bond acceptors (Lipinski definition) is 17. The van der Waals surface area contributed by atoms with Gasteiger partial charge in [0.25, 0.3) is 0 Å². The number of benzene rings is 3. The number of rotatable bonds is 15. The number of hydrogen-bond donors (Lipinski definition) is 0. The summed E-state index contributed by atoms with van der Waals surface area (Å²) in [7, 11) is 6.87. The number of aromatic nitrogens is 21. The van der Waals surface area contributed by atoms with Crippen molar-refractivity contribution >= 4 is 34.3 Å². The molecule has 0 unspecified atom stereocenters. The first-order valence-corrected chi connectivity index (χ1v) is 29.1. The molecule has 27 heteroatoms. The molecule has 464 valence electrons. The first kappa shape index (κ1) is 60.2. The van der Waals surface area contributed by atoms with Crippen LogP contribution >= 0.6 is 0 Å². The Morgan fingerprint density at radius 3 is 1.17 bits per heavy atom. The molecule has 0 saturated heterocycles. The van der Waals surface area contributed by atoms with Crippen LogP contribution in [0, 0.1) is 24.4 Å². The van der Waals surface area contributed by atoms with Crippen molar-refractivity contribution in [3.63, 3.8) is 0 Å². The number of imidazole rings is 1. The fourth-order valence-electron chi connectivity index (χ4n) is 10.6. The van der Waals surface area contributed by atoms with Crippen molar-refractivity contribution in [2.75, 3.05) is 0 Å². The van der Waals surface area contributed by atoms with E-state index in [1.54, 1.807) is 93.4 Å². The molecule has 0 aliphatic rings. The number of halogens is 3. The summed E-state index contributed by atoms with van der Waals surface area (Å²) in [5, 5.41) is 41.6. The highest BCUT2D eigenvalue weighted by atomic mass is 19.1. The van der Waals surface area contributed by atoms with E-state index in [1.807, 2.05) is 117 Å². The predicted octanol–water partition coefficient (Wildman–Crippen LogP) is 9.71. The second kappa shape index (κ2) is 25.7. The highest BCUT2D eigenvalue weighted by Crippen LogP contribution is 2.29. The van der Waals surface area contributed by atoms with Gasteiger partial charge in [0, 0.05) is 93.2 Å². The van der Waals surface area contributed by atoms with Gasteiger partial charge in [-0.05, 0) is 48.9 Å². The Labute approximate surface area is 531 Å². The summed E-state index contributed by atoms with van der Waals surface area (Å²) in [5.41, 5.74) is 10.00. The van der Waals surface area contributed by atoms with E-state index in [0.29, 0.717) is 85.3 Å². The lowest BCUT2D eigenvalue weighted by Gasteiger charge is -2.07. The lowest BCUT2D eigenvalue weighted by molar-refractivity contribution is 0.0975. The zero-order valence-corrected chi connectivity index (χ0v) is 50.8. The molecule has 0 saturated carbocycles. The van der Waals surface area contributed by atoms with Crippen LogP contribution in [-0.4, -0.2) is 120 Å². The lowest BCUT2D eigenvalue weighted by Crippen LogP contribution is -2.12. The fraction of sp³-hybridized carbons (Fsp3) is 0.119. The highest BCUT2D eigenvalue weighted by molar-refractivity contribution is 6.03. The molecule has 15 rings (SSSR count). The Kier molecular flexibility index (Phi) is 16.4. The maximum absolute atomic E-state index is 14.8. The van der Waals surface area contributed by atoms with Crippen LogP contribution in [0.4, 0.5) is 13.2 Å². The van der Waals surface area contributed by atoms with Crippen molar-refractivity contribution in [1.29, 1.82) is 0 Å². The number of nitrogens with zero attached hydrogens (tertiary/aromatic N) is 21. The smallest absolute Gasteiger partial charge is 0.186 e. The Morgan fingerprint density at radius 2 is 0.809 bits per heavy atom. The van der Waals surface area contributed by atoms with Crippen molar-refractivity contribution in [2.24, 2.45) is 28.2 Å². The van der Waals surface area contributed by atoms with Crippen molar-refractivity contribution in [3.8, 4) is 67.9 Å². The second-order valence-corrected chi connectivity index (χ2v) is 21.8. The molecule has 0 N–H and O–H groups in total. The molecule has 0 atom stereocenters. The van der Waals surface area contributed by atoms with Crippen LogP contribution in [0.15, 0.2) is 189 Å². The van der Waals surface area contributed by atoms with Gasteiger partial charge in [0.2, 0.25) is 0 Å². The quantitative estimate of drug-likeness (QED) is 0.0864. The molecule has 0 fully saturated rings. The van der Waals surface area contributed by atoms with Crippen LogP contribution in [0.5, 0.6) is 0 Å².